The van der Waals surface area contributed by atoms with Crippen molar-refractivity contribution in [2.75, 3.05) is 12.4 Å². The molecule has 0 atom stereocenters. The van der Waals surface area contributed by atoms with Crippen LogP contribution in [-0.2, 0) is 17.6 Å². The summed E-state index contributed by atoms with van der Waals surface area (Å²) >= 11 is 1.44. The molecule has 21 heavy (non-hydrogen) atoms. The van der Waals surface area contributed by atoms with E-state index in [4.69, 9.17) is 4.74 Å². The Hall–Kier alpha value is -1.95. The lowest BCUT2D eigenvalue weighted by molar-refractivity contribution is -0.116. The van der Waals surface area contributed by atoms with Crippen LogP contribution in [0.3, 0.4) is 0 Å². The number of nitrogens with one attached hydrogen (secondary N) is 1. The van der Waals surface area contributed by atoms with Crippen LogP contribution in [0.5, 0.6) is 5.75 Å². The van der Waals surface area contributed by atoms with Gasteiger partial charge in [0.2, 0.25) is 11.0 Å². The smallest absolute Gasteiger partial charge is 0.226 e. The summed E-state index contributed by atoms with van der Waals surface area (Å²) in [6.07, 6.45) is 3.05. The number of methoxy groups -OCH3 is 1. The highest BCUT2D eigenvalue weighted by Crippen LogP contribution is 2.18. The van der Waals surface area contributed by atoms with Gasteiger partial charge in [-0.15, -0.1) is 10.2 Å². The average Bonchev–Trinajstić information content (AvgIpc) is 2.93. The molecule has 6 heteroatoms. The molecule has 1 amide bonds. The number of nitrogens with zero attached hydrogens (tertiary/aromatic N) is 2. The molecule has 2 aromatic rings. The van der Waals surface area contributed by atoms with Crippen molar-refractivity contribution >= 4 is 22.4 Å². The van der Waals surface area contributed by atoms with Gasteiger partial charge in [-0.1, -0.05) is 30.4 Å². The van der Waals surface area contributed by atoms with Crippen LogP contribution in [0.25, 0.3) is 0 Å². The predicted molar refractivity (Wildman–Crippen MR) is 83.8 cm³/mol. The first-order chi connectivity index (χ1) is 10.2. The number of benzene rings is 1. The number of hydrogen-bond acceptors (Lipinski definition) is 5. The van der Waals surface area contributed by atoms with E-state index in [1.165, 1.54) is 16.9 Å². The normalized spacial score (nSPS) is 10.4. The van der Waals surface area contributed by atoms with E-state index in [9.17, 15) is 4.79 Å². The maximum Gasteiger partial charge on any atom is 0.226 e. The van der Waals surface area contributed by atoms with Crippen molar-refractivity contribution < 1.29 is 9.53 Å². The van der Waals surface area contributed by atoms with Gasteiger partial charge >= 0.3 is 0 Å². The Morgan fingerprint density at radius 2 is 2.00 bits per heavy atom. The Balaban J connectivity index is 1.85. The van der Waals surface area contributed by atoms with Crippen LogP contribution in [0.4, 0.5) is 5.13 Å². The first kappa shape index (κ1) is 15.4. The first-order valence-electron chi connectivity index (χ1n) is 6.96. The standard InChI is InChI=1S/C15H19N3O2S/c1-3-4-13(19)16-15-18-17-14(21-15)10-7-11-5-8-12(20-2)9-6-11/h5-6,8-9H,3-4,7,10H2,1-2H3,(H,16,18,19). The summed E-state index contributed by atoms with van der Waals surface area (Å²) < 4.78 is 5.13. The maximum atomic E-state index is 11.5. The summed E-state index contributed by atoms with van der Waals surface area (Å²) in [4.78, 5) is 11.5. The molecule has 0 radical (unpaired) electrons. The Labute approximate surface area is 128 Å². The zero-order valence-corrected chi connectivity index (χ0v) is 13.1. The highest BCUT2D eigenvalue weighted by Gasteiger charge is 2.07. The number of carbonyl (C=O) groups is 1. The highest BCUT2D eigenvalue weighted by molar-refractivity contribution is 7.15. The van der Waals surface area contributed by atoms with E-state index in [1.54, 1.807) is 7.11 Å². The molecule has 0 aliphatic rings. The second-order valence-electron chi connectivity index (χ2n) is 4.65. The van der Waals surface area contributed by atoms with Gasteiger partial charge in [-0.3, -0.25) is 4.79 Å². The van der Waals surface area contributed by atoms with E-state index in [0.717, 1.165) is 30.0 Å². The fourth-order valence-electron chi connectivity index (χ4n) is 1.86. The van der Waals surface area contributed by atoms with Gasteiger partial charge in [0, 0.05) is 12.8 Å². The molecule has 0 saturated carbocycles. The number of hydrogen-bond donors (Lipinski definition) is 1. The third-order valence-corrected chi connectivity index (χ3v) is 3.88. The van der Waals surface area contributed by atoms with E-state index in [2.05, 4.69) is 15.5 Å². The minimum atomic E-state index is -0.00430. The molecule has 0 fully saturated rings. The number of rotatable bonds is 7. The summed E-state index contributed by atoms with van der Waals surface area (Å²) in [6.45, 7) is 1.97. The molecule has 1 aromatic heterocycles. The van der Waals surface area contributed by atoms with Crippen LogP contribution in [0, 0.1) is 0 Å². The second-order valence-corrected chi connectivity index (χ2v) is 5.71. The summed E-state index contributed by atoms with van der Waals surface area (Å²) in [7, 11) is 1.66. The topological polar surface area (TPSA) is 64.1 Å². The van der Waals surface area contributed by atoms with Crippen molar-refractivity contribution in [3.05, 3.63) is 34.8 Å². The first-order valence-corrected chi connectivity index (χ1v) is 7.78. The third kappa shape index (κ3) is 4.82. The Morgan fingerprint density at radius 3 is 2.67 bits per heavy atom. The lowest BCUT2D eigenvalue weighted by Crippen LogP contribution is -2.10. The van der Waals surface area contributed by atoms with Gasteiger partial charge < -0.3 is 10.1 Å². The van der Waals surface area contributed by atoms with Crippen molar-refractivity contribution in [3.63, 3.8) is 0 Å². The predicted octanol–water partition coefficient (Wildman–Crippen LogP) is 3.07. The monoisotopic (exact) mass is 305 g/mol. The zero-order chi connectivity index (χ0) is 15.1. The van der Waals surface area contributed by atoms with Gasteiger partial charge in [0.25, 0.3) is 0 Å². The van der Waals surface area contributed by atoms with Gasteiger partial charge in [-0.25, -0.2) is 0 Å². The van der Waals surface area contributed by atoms with E-state index in [0.29, 0.717) is 11.6 Å². The summed E-state index contributed by atoms with van der Waals surface area (Å²) in [5.74, 6) is 0.853. The molecule has 5 nitrogen and oxygen atoms in total. The molecule has 0 aliphatic heterocycles. The largest absolute Gasteiger partial charge is 0.497 e. The molecule has 0 aliphatic carbocycles. The summed E-state index contributed by atoms with van der Waals surface area (Å²) in [5, 5.41) is 12.4. The van der Waals surface area contributed by atoms with Crippen molar-refractivity contribution in [1.82, 2.24) is 10.2 Å². The van der Waals surface area contributed by atoms with Crippen molar-refractivity contribution in [2.45, 2.75) is 32.6 Å². The molecule has 1 aromatic carbocycles. The van der Waals surface area contributed by atoms with Crippen molar-refractivity contribution in [2.24, 2.45) is 0 Å². The van der Waals surface area contributed by atoms with Crippen LogP contribution in [0.15, 0.2) is 24.3 Å². The summed E-state index contributed by atoms with van der Waals surface area (Å²) in [6, 6.07) is 7.99. The van der Waals surface area contributed by atoms with Gasteiger partial charge in [-0.05, 0) is 30.5 Å². The van der Waals surface area contributed by atoms with E-state index < -0.39 is 0 Å². The van der Waals surface area contributed by atoms with Crippen molar-refractivity contribution in [3.8, 4) is 5.75 Å². The lowest BCUT2D eigenvalue weighted by atomic mass is 10.1. The molecule has 0 saturated heterocycles. The number of aryl methyl sites for hydroxylation is 2. The van der Waals surface area contributed by atoms with E-state index >= 15 is 0 Å². The molecule has 0 bridgehead atoms. The number of carbonyl (C=O) groups excluding carboxylic acids is 1. The molecule has 0 spiro atoms. The zero-order valence-electron chi connectivity index (χ0n) is 12.3. The SMILES string of the molecule is CCCC(=O)Nc1nnc(CCc2ccc(OC)cc2)s1. The molecule has 112 valence electrons. The number of aromatic nitrogens is 2. The Bertz CT molecular complexity index is 581. The van der Waals surface area contributed by atoms with E-state index in [-0.39, 0.29) is 5.91 Å². The Kier molecular flexibility index (Phi) is 5.68. The molecule has 1 heterocycles. The summed E-state index contributed by atoms with van der Waals surface area (Å²) in [5.41, 5.74) is 1.22. The van der Waals surface area contributed by atoms with E-state index in [1.807, 2.05) is 31.2 Å². The van der Waals surface area contributed by atoms with Gasteiger partial charge in [0.05, 0.1) is 7.11 Å². The minimum absolute atomic E-state index is 0.00430. The van der Waals surface area contributed by atoms with Gasteiger partial charge in [0.15, 0.2) is 0 Å². The third-order valence-electron chi connectivity index (χ3n) is 2.98. The lowest BCUT2D eigenvalue weighted by Gasteiger charge is -2.01. The molecular weight excluding hydrogens is 286 g/mol. The maximum absolute atomic E-state index is 11.5. The van der Waals surface area contributed by atoms with Crippen molar-refractivity contribution in [1.29, 1.82) is 0 Å². The molecule has 2 rings (SSSR count). The van der Waals surface area contributed by atoms with Crippen LogP contribution >= 0.6 is 11.3 Å². The number of amides is 1. The molecule has 0 unspecified atom stereocenters. The fourth-order valence-corrected chi connectivity index (χ4v) is 2.61. The van der Waals surface area contributed by atoms with Crippen LogP contribution in [0.1, 0.15) is 30.3 Å². The average molecular weight is 305 g/mol. The van der Waals surface area contributed by atoms with Gasteiger partial charge in [0.1, 0.15) is 10.8 Å². The van der Waals surface area contributed by atoms with Crippen LogP contribution in [0.2, 0.25) is 0 Å². The molecule has 1 N–H and O–H groups in total. The van der Waals surface area contributed by atoms with Crippen LogP contribution in [-0.4, -0.2) is 23.2 Å². The second kappa shape index (κ2) is 7.73. The highest BCUT2D eigenvalue weighted by atomic mass is 32.1. The number of ether oxygens (including phenoxy) is 1. The number of anilines is 1. The quantitative estimate of drug-likeness (QED) is 0.854. The van der Waals surface area contributed by atoms with Crippen LogP contribution < -0.4 is 10.1 Å². The van der Waals surface area contributed by atoms with Gasteiger partial charge in [-0.2, -0.15) is 0 Å². The fraction of sp³-hybridized carbons (Fsp3) is 0.400. The molecular formula is C15H19N3O2S. The Morgan fingerprint density at radius 1 is 1.24 bits per heavy atom. The minimum Gasteiger partial charge on any atom is -0.497 e.